The fourth-order valence-electron chi connectivity index (χ4n) is 3.02. The van der Waals surface area contributed by atoms with E-state index in [-0.39, 0.29) is 0 Å². The molecule has 30 heavy (non-hydrogen) atoms. The average molecular weight is 419 g/mol. The van der Waals surface area contributed by atoms with Crippen LogP contribution in [-0.4, -0.2) is 37.9 Å². The molecule has 0 spiro atoms. The number of pyridine rings is 2. The van der Waals surface area contributed by atoms with Crippen molar-refractivity contribution >= 4 is 11.3 Å². The lowest BCUT2D eigenvalue weighted by Gasteiger charge is -2.26. The third-order valence-corrected chi connectivity index (χ3v) is 5.46. The van der Waals surface area contributed by atoms with E-state index in [0.29, 0.717) is 18.7 Å². The van der Waals surface area contributed by atoms with Gasteiger partial charge in [-0.2, -0.15) is 0 Å². The van der Waals surface area contributed by atoms with E-state index in [1.807, 2.05) is 67.0 Å². The monoisotopic (exact) mass is 418 g/mol. The van der Waals surface area contributed by atoms with Crippen molar-refractivity contribution in [3.05, 3.63) is 84.3 Å². The van der Waals surface area contributed by atoms with Crippen LogP contribution >= 0.6 is 11.3 Å². The first kappa shape index (κ1) is 20.2. The van der Waals surface area contributed by atoms with Crippen molar-refractivity contribution < 1.29 is 9.94 Å². The number of hydrogen-bond donors (Lipinski definition) is 1. The first-order valence-electron chi connectivity index (χ1n) is 9.71. The highest BCUT2D eigenvalue weighted by Gasteiger charge is 2.17. The fraction of sp³-hybridized carbons (Fsp3) is 0.174. The molecule has 4 aromatic rings. The van der Waals surface area contributed by atoms with Gasteiger partial charge in [-0.25, -0.2) is 4.98 Å². The van der Waals surface area contributed by atoms with Gasteiger partial charge < -0.3 is 9.94 Å². The smallest absolute Gasteiger partial charge is 0.147 e. The Morgan fingerprint density at radius 2 is 1.77 bits per heavy atom. The lowest BCUT2D eigenvalue weighted by atomic mass is 10.2. The van der Waals surface area contributed by atoms with Gasteiger partial charge in [0.15, 0.2) is 0 Å². The van der Waals surface area contributed by atoms with Crippen molar-refractivity contribution in [1.82, 2.24) is 20.0 Å². The number of likely N-dealkylation sites (N-methyl/N-ethyl adjacent to an activating group) is 1. The van der Waals surface area contributed by atoms with E-state index in [9.17, 15) is 5.11 Å². The first-order chi connectivity index (χ1) is 14.7. The number of hydroxylamine groups is 2. The molecule has 7 heteroatoms. The first-order valence-corrected chi connectivity index (χ1v) is 10.6. The highest BCUT2D eigenvalue weighted by molar-refractivity contribution is 7.13. The normalized spacial score (nSPS) is 12.1. The van der Waals surface area contributed by atoms with E-state index >= 15 is 0 Å². The van der Waals surface area contributed by atoms with E-state index < -0.39 is 6.23 Å². The average Bonchev–Trinajstić information content (AvgIpc) is 3.29. The van der Waals surface area contributed by atoms with Gasteiger partial charge >= 0.3 is 0 Å². The molecule has 0 fully saturated rings. The lowest BCUT2D eigenvalue weighted by molar-refractivity contribution is -0.167. The molecule has 4 rings (SSSR count). The summed E-state index contributed by atoms with van der Waals surface area (Å²) in [7, 11) is 0. The Labute approximate surface area is 179 Å². The summed E-state index contributed by atoms with van der Waals surface area (Å²) in [5.41, 5.74) is 3.88. The largest absolute Gasteiger partial charge is 0.403 e. The maximum atomic E-state index is 10.5. The van der Waals surface area contributed by atoms with Gasteiger partial charge in [0, 0.05) is 54.3 Å². The zero-order valence-electron chi connectivity index (χ0n) is 16.5. The van der Waals surface area contributed by atoms with Gasteiger partial charge in [0.05, 0.1) is 5.69 Å². The van der Waals surface area contributed by atoms with Crippen LogP contribution in [-0.2, 0) is 6.42 Å². The molecule has 0 radical (unpaired) electrons. The third kappa shape index (κ3) is 4.88. The number of benzene rings is 1. The van der Waals surface area contributed by atoms with Gasteiger partial charge in [-0.1, -0.05) is 6.07 Å². The number of aliphatic hydroxyl groups is 1. The second kappa shape index (κ2) is 9.58. The number of hydrogen-bond acceptors (Lipinski definition) is 7. The van der Waals surface area contributed by atoms with Crippen LogP contribution in [0.3, 0.4) is 0 Å². The van der Waals surface area contributed by atoms with Gasteiger partial charge in [-0.15, -0.1) is 16.4 Å². The minimum Gasteiger partial charge on any atom is -0.403 e. The van der Waals surface area contributed by atoms with Gasteiger partial charge in [0.1, 0.15) is 17.0 Å². The zero-order chi connectivity index (χ0) is 20.8. The topological polar surface area (TPSA) is 71.4 Å². The molecule has 0 unspecified atom stereocenters. The molecule has 0 aliphatic carbocycles. The molecule has 1 atom stereocenters. The Balaban J connectivity index is 1.42. The number of aromatic nitrogens is 3. The van der Waals surface area contributed by atoms with Crippen LogP contribution in [0.1, 0.15) is 12.5 Å². The van der Waals surface area contributed by atoms with Crippen molar-refractivity contribution in [1.29, 1.82) is 0 Å². The second-order valence-electron chi connectivity index (χ2n) is 6.67. The maximum absolute atomic E-state index is 10.5. The molecular weight excluding hydrogens is 396 g/mol. The summed E-state index contributed by atoms with van der Waals surface area (Å²) in [5.74, 6) is 0.661. The second-order valence-corrected chi connectivity index (χ2v) is 7.53. The number of rotatable bonds is 8. The summed E-state index contributed by atoms with van der Waals surface area (Å²) < 4.78 is 0. The molecule has 6 nitrogen and oxygen atoms in total. The molecule has 3 heterocycles. The summed E-state index contributed by atoms with van der Waals surface area (Å²) in [6, 6.07) is 15.4. The Bertz CT molecular complexity index is 1060. The van der Waals surface area contributed by atoms with Crippen LogP contribution in [0, 0.1) is 0 Å². The quantitative estimate of drug-likeness (QED) is 0.337. The maximum Gasteiger partial charge on any atom is 0.147 e. The fourth-order valence-corrected chi connectivity index (χ4v) is 3.84. The van der Waals surface area contributed by atoms with Crippen molar-refractivity contribution in [2.75, 3.05) is 6.54 Å². The number of nitrogens with zero attached hydrogens (tertiary/aromatic N) is 4. The van der Waals surface area contributed by atoms with E-state index in [4.69, 9.17) is 9.82 Å². The van der Waals surface area contributed by atoms with Crippen LogP contribution in [0.25, 0.3) is 21.8 Å². The van der Waals surface area contributed by atoms with Gasteiger partial charge in [-0.3, -0.25) is 9.97 Å². The van der Waals surface area contributed by atoms with Crippen molar-refractivity contribution in [2.24, 2.45) is 0 Å². The van der Waals surface area contributed by atoms with Crippen LogP contribution < -0.4 is 4.84 Å². The third-order valence-electron chi connectivity index (χ3n) is 4.57. The Morgan fingerprint density at radius 3 is 2.43 bits per heavy atom. The Kier molecular flexibility index (Phi) is 6.44. The van der Waals surface area contributed by atoms with Crippen LogP contribution in [0.5, 0.6) is 5.75 Å². The van der Waals surface area contributed by atoms with Gasteiger partial charge in [0.25, 0.3) is 0 Å². The van der Waals surface area contributed by atoms with Crippen LogP contribution in [0.4, 0.5) is 0 Å². The molecule has 0 saturated heterocycles. The van der Waals surface area contributed by atoms with Gasteiger partial charge in [0.2, 0.25) is 0 Å². The van der Waals surface area contributed by atoms with Crippen LogP contribution in [0.15, 0.2) is 78.7 Å². The highest BCUT2D eigenvalue weighted by atomic mass is 32.1. The molecule has 1 N–H and O–H groups in total. The summed E-state index contributed by atoms with van der Waals surface area (Å²) in [6.45, 7) is 2.49. The standard InChI is InChI=1S/C23H22N4O2S/c1-2-27(22(28)13-17-5-3-11-24-14-17)29-20-9-7-18(8-10-20)21-16-30-23(26-21)19-6-4-12-25-15-19/h3-12,14-16,22,28H,2,13H2,1H3/t22-/m1/s1. The van der Waals surface area contributed by atoms with E-state index in [1.54, 1.807) is 35.0 Å². The SMILES string of the molecule is CCN(Oc1ccc(-c2csc(-c3cccnc3)n2)cc1)[C@H](O)Cc1cccnc1. The van der Waals surface area contributed by atoms with Crippen molar-refractivity contribution in [2.45, 2.75) is 19.6 Å². The molecule has 152 valence electrons. The van der Waals surface area contributed by atoms with Gasteiger partial charge in [-0.05, 0) is 55.0 Å². The summed E-state index contributed by atoms with van der Waals surface area (Å²) in [4.78, 5) is 18.9. The number of aliphatic hydroxyl groups excluding tert-OH is 1. The molecule has 0 aliphatic heterocycles. The molecule has 1 aromatic carbocycles. The molecular formula is C23H22N4O2S. The summed E-state index contributed by atoms with van der Waals surface area (Å²) >= 11 is 1.59. The molecule has 0 saturated carbocycles. The predicted octanol–water partition coefficient (Wildman–Crippen LogP) is 4.44. The van der Waals surface area contributed by atoms with E-state index in [2.05, 4.69) is 9.97 Å². The molecule has 0 aliphatic rings. The van der Waals surface area contributed by atoms with Crippen molar-refractivity contribution in [3.8, 4) is 27.6 Å². The summed E-state index contributed by atoms with van der Waals surface area (Å²) in [5, 5.41) is 15.1. The number of thiazole rings is 1. The predicted molar refractivity (Wildman–Crippen MR) is 118 cm³/mol. The molecule has 0 bridgehead atoms. The van der Waals surface area contributed by atoms with Crippen molar-refractivity contribution in [3.63, 3.8) is 0 Å². The minimum atomic E-state index is -0.764. The molecule has 0 amide bonds. The Morgan fingerprint density at radius 1 is 1.00 bits per heavy atom. The Hall–Kier alpha value is -3.13. The molecule has 3 aromatic heterocycles. The van der Waals surface area contributed by atoms with Crippen LogP contribution in [0.2, 0.25) is 0 Å². The highest BCUT2D eigenvalue weighted by Crippen LogP contribution is 2.29. The lowest BCUT2D eigenvalue weighted by Crippen LogP contribution is -2.39. The van der Waals surface area contributed by atoms with E-state index in [0.717, 1.165) is 27.4 Å². The summed E-state index contributed by atoms with van der Waals surface area (Å²) in [6.07, 6.45) is 6.71. The minimum absolute atomic E-state index is 0.440. The zero-order valence-corrected chi connectivity index (χ0v) is 17.4. The van der Waals surface area contributed by atoms with E-state index in [1.165, 1.54) is 0 Å².